The average Bonchev–Trinajstić information content (AvgIpc) is 2.97. The van der Waals surface area contributed by atoms with Gasteiger partial charge in [-0.05, 0) is 31.0 Å². The van der Waals surface area contributed by atoms with Gasteiger partial charge < -0.3 is 10.3 Å². The van der Waals surface area contributed by atoms with E-state index in [0.717, 1.165) is 12.1 Å². The zero-order chi connectivity index (χ0) is 15.3. The molecule has 0 aliphatic heterocycles. The zero-order valence-electron chi connectivity index (χ0n) is 11.9. The molecule has 114 valence electrons. The maximum atomic E-state index is 12.1. The minimum atomic E-state index is -3.46. The van der Waals surface area contributed by atoms with E-state index in [0.29, 0.717) is 13.0 Å². The Kier molecular flexibility index (Phi) is 5.11. The van der Waals surface area contributed by atoms with Gasteiger partial charge in [-0.15, -0.1) is 0 Å². The highest BCUT2D eigenvalue weighted by Crippen LogP contribution is 2.14. The lowest BCUT2D eigenvalue weighted by Gasteiger charge is -2.09. The van der Waals surface area contributed by atoms with Gasteiger partial charge in [0.2, 0.25) is 10.0 Å². The van der Waals surface area contributed by atoms with Crippen LogP contribution in [0.4, 0.5) is 0 Å². The maximum Gasteiger partial charge on any atom is 0.240 e. The van der Waals surface area contributed by atoms with E-state index in [9.17, 15) is 8.42 Å². The lowest BCUT2D eigenvalue weighted by molar-refractivity contribution is 0.569. The molecule has 7 heteroatoms. The molecule has 3 N–H and O–H groups in total. The van der Waals surface area contributed by atoms with E-state index < -0.39 is 10.0 Å². The Labute approximate surface area is 125 Å². The summed E-state index contributed by atoms with van der Waals surface area (Å²) < 4.78 is 28.7. The number of rotatable bonds is 7. The van der Waals surface area contributed by atoms with Crippen LogP contribution >= 0.6 is 0 Å². The fraction of sp³-hybridized carbons (Fsp3) is 0.357. The lowest BCUT2D eigenvalue weighted by Crippen LogP contribution is -2.25. The molecule has 0 fully saturated rings. The molecule has 0 aliphatic carbocycles. The summed E-state index contributed by atoms with van der Waals surface area (Å²) in [5.41, 5.74) is 6.66. The van der Waals surface area contributed by atoms with E-state index in [-0.39, 0.29) is 10.9 Å². The number of sulfonamides is 1. The summed E-state index contributed by atoms with van der Waals surface area (Å²) in [6.45, 7) is 2.97. The number of hydrogen-bond acceptors (Lipinski definition) is 4. The van der Waals surface area contributed by atoms with Crippen molar-refractivity contribution < 1.29 is 8.42 Å². The maximum absolute atomic E-state index is 12.1. The van der Waals surface area contributed by atoms with Crippen LogP contribution in [0.15, 0.2) is 47.9 Å². The van der Waals surface area contributed by atoms with E-state index in [2.05, 4.69) is 9.71 Å². The molecule has 1 atom stereocenters. The van der Waals surface area contributed by atoms with Gasteiger partial charge >= 0.3 is 0 Å². The second-order valence-electron chi connectivity index (χ2n) is 4.91. The summed E-state index contributed by atoms with van der Waals surface area (Å²) in [6.07, 6.45) is 5.96. The molecule has 1 aromatic heterocycles. The van der Waals surface area contributed by atoms with Crippen molar-refractivity contribution in [1.29, 1.82) is 0 Å². The van der Waals surface area contributed by atoms with Crippen LogP contribution in [0.5, 0.6) is 0 Å². The molecule has 21 heavy (non-hydrogen) atoms. The largest absolute Gasteiger partial charge is 0.337 e. The number of nitrogens with zero attached hydrogens (tertiary/aromatic N) is 2. The number of nitrogens with two attached hydrogens (primary N) is 1. The van der Waals surface area contributed by atoms with Crippen LogP contribution < -0.4 is 10.5 Å². The Morgan fingerprint density at radius 3 is 2.62 bits per heavy atom. The number of aryl methyl sites for hydroxylation is 1. The molecule has 1 heterocycles. The third-order valence-corrected chi connectivity index (χ3v) is 4.64. The Balaban J connectivity index is 1.89. The van der Waals surface area contributed by atoms with E-state index in [4.69, 9.17) is 5.73 Å². The number of hydrogen-bond donors (Lipinski definition) is 2. The first-order chi connectivity index (χ1) is 9.99. The van der Waals surface area contributed by atoms with Crippen LogP contribution in [-0.4, -0.2) is 24.5 Å². The van der Waals surface area contributed by atoms with E-state index in [1.165, 1.54) is 0 Å². The Bertz CT molecular complexity index is 649. The normalized spacial score (nSPS) is 13.2. The van der Waals surface area contributed by atoms with Gasteiger partial charge in [0.05, 0.1) is 11.2 Å². The number of benzene rings is 1. The van der Waals surface area contributed by atoms with Crippen LogP contribution in [0.2, 0.25) is 0 Å². The fourth-order valence-corrected chi connectivity index (χ4v) is 3.00. The van der Waals surface area contributed by atoms with Gasteiger partial charge in [0, 0.05) is 31.5 Å². The predicted octanol–water partition coefficient (Wildman–Crippen LogP) is 1.27. The number of imidazole rings is 1. The SMILES string of the molecule is CC(N)c1ccc(S(=O)(=O)NCCCn2ccnc2)cc1. The summed E-state index contributed by atoms with van der Waals surface area (Å²) in [6, 6.07) is 6.54. The van der Waals surface area contributed by atoms with E-state index in [1.807, 2.05) is 17.7 Å². The van der Waals surface area contributed by atoms with Gasteiger partial charge in [-0.25, -0.2) is 18.1 Å². The molecule has 0 saturated carbocycles. The summed E-state index contributed by atoms with van der Waals surface area (Å²) in [7, 11) is -3.46. The molecule has 1 unspecified atom stereocenters. The van der Waals surface area contributed by atoms with E-state index in [1.54, 1.807) is 36.8 Å². The lowest BCUT2D eigenvalue weighted by atomic mass is 10.1. The number of nitrogens with one attached hydrogen (secondary N) is 1. The Hall–Kier alpha value is -1.70. The van der Waals surface area contributed by atoms with Gasteiger partial charge in [0.1, 0.15) is 0 Å². The fourth-order valence-electron chi connectivity index (χ4n) is 1.92. The second-order valence-corrected chi connectivity index (χ2v) is 6.68. The van der Waals surface area contributed by atoms with Gasteiger partial charge in [0.25, 0.3) is 0 Å². The van der Waals surface area contributed by atoms with Crippen LogP contribution in [0.3, 0.4) is 0 Å². The van der Waals surface area contributed by atoms with Crippen LogP contribution in [0.1, 0.15) is 24.9 Å². The minimum absolute atomic E-state index is 0.107. The smallest absolute Gasteiger partial charge is 0.240 e. The highest BCUT2D eigenvalue weighted by atomic mass is 32.2. The molecule has 0 radical (unpaired) electrons. The van der Waals surface area contributed by atoms with Crippen LogP contribution in [0, 0.1) is 0 Å². The van der Waals surface area contributed by atoms with Gasteiger partial charge in [-0.2, -0.15) is 0 Å². The van der Waals surface area contributed by atoms with Crippen molar-refractivity contribution in [3.63, 3.8) is 0 Å². The second kappa shape index (κ2) is 6.84. The highest BCUT2D eigenvalue weighted by molar-refractivity contribution is 7.89. The first-order valence-corrected chi connectivity index (χ1v) is 8.28. The van der Waals surface area contributed by atoms with Crippen molar-refractivity contribution in [2.75, 3.05) is 6.54 Å². The Morgan fingerprint density at radius 1 is 1.33 bits per heavy atom. The summed E-state index contributed by atoms with van der Waals surface area (Å²) in [5.74, 6) is 0. The molecule has 0 bridgehead atoms. The summed E-state index contributed by atoms with van der Waals surface area (Å²) >= 11 is 0. The first-order valence-electron chi connectivity index (χ1n) is 6.80. The molecule has 2 aromatic rings. The van der Waals surface area contributed by atoms with Crippen LogP contribution in [-0.2, 0) is 16.6 Å². The van der Waals surface area contributed by atoms with Crippen molar-refractivity contribution >= 4 is 10.0 Å². The molecule has 0 aliphatic rings. The third-order valence-electron chi connectivity index (χ3n) is 3.16. The monoisotopic (exact) mass is 308 g/mol. The number of aromatic nitrogens is 2. The van der Waals surface area contributed by atoms with E-state index >= 15 is 0 Å². The molecule has 0 amide bonds. The average molecular weight is 308 g/mol. The van der Waals surface area contributed by atoms with Gasteiger partial charge in [0.15, 0.2) is 0 Å². The molecule has 2 rings (SSSR count). The molecule has 0 spiro atoms. The van der Waals surface area contributed by atoms with Crippen LogP contribution in [0.25, 0.3) is 0 Å². The topological polar surface area (TPSA) is 90.0 Å². The quantitative estimate of drug-likeness (QED) is 0.754. The molecule has 6 nitrogen and oxygen atoms in total. The molecule has 1 aromatic carbocycles. The standard InChI is InChI=1S/C14H20N4O2S/c1-12(15)13-3-5-14(6-4-13)21(19,20)17-7-2-9-18-10-8-16-11-18/h3-6,8,10-12,17H,2,7,9,15H2,1H3. The third kappa shape index (κ3) is 4.38. The highest BCUT2D eigenvalue weighted by Gasteiger charge is 2.13. The van der Waals surface area contributed by atoms with Gasteiger partial charge in [-0.3, -0.25) is 0 Å². The molecule has 0 saturated heterocycles. The minimum Gasteiger partial charge on any atom is -0.337 e. The van der Waals surface area contributed by atoms with Crippen molar-refractivity contribution in [2.45, 2.75) is 30.8 Å². The Morgan fingerprint density at radius 2 is 2.05 bits per heavy atom. The summed E-state index contributed by atoms with van der Waals surface area (Å²) in [5, 5.41) is 0. The molecular weight excluding hydrogens is 288 g/mol. The zero-order valence-corrected chi connectivity index (χ0v) is 12.8. The molecular formula is C14H20N4O2S. The van der Waals surface area contributed by atoms with Gasteiger partial charge in [-0.1, -0.05) is 12.1 Å². The van der Waals surface area contributed by atoms with Crippen molar-refractivity contribution in [3.8, 4) is 0 Å². The summed E-state index contributed by atoms with van der Waals surface area (Å²) in [4.78, 5) is 4.19. The predicted molar refractivity (Wildman–Crippen MR) is 81.1 cm³/mol. The van der Waals surface area contributed by atoms with Crippen molar-refractivity contribution in [1.82, 2.24) is 14.3 Å². The van der Waals surface area contributed by atoms with Crippen molar-refractivity contribution in [3.05, 3.63) is 48.5 Å². The van der Waals surface area contributed by atoms with Crippen molar-refractivity contribution in [2.24, 2.45) is 5.73 Å². The first kappa shape index (κ1) is 15.7.